The summed E-state index contributed by atoms with van der Waals surface area (Å²) in [4.78, 5) is 12.2. The fourth-order valence-electron chi connectivity index (χ4n) is 0.976. The van der Waals surface area contributed by atoms with Crippen molar-refractivity contribution < 1.29 is 4.79 Å². The number of nitrogens with one attached hydrogen (secondary N) is 1. The van der Waals surface area contributed by atoms with Crippen LogP contribution in [0.5, 0.6) is 0 Å². The van der Waals surface area contributed by atoms with Gasteiger partial charge in [0, 0.05) is 11.3 Å². The zero-order chi connectivity index (χ0) is 9.84. The molecular formula is C9H12ClNOS. The fraction of sp³-hybridized carbons (Fsp3) is 0.444. The second-order valence-corrected chi connectivity index (χ2v) is 4.53. The summed E-state index contributed by atoms with van der Waals surface area (Å²) < 4.78 is 0.757. The Labute approximate surface area is 86.9 Å². The van der Waals surface area contributed by atoms with Crippen molar-refractivity contribution in [3.05, 3.63) is 21.3 Å². The topological polar surface area (TPSA) is 29.1 Å². The van der Waals surface area contributed by atoms with Crippen LogP contribution in [0.2, 0.25) is 4.34 Å². The maximum Gasteiger partial charge on any atom is 0.220 e. The van der Waals surface area contributed by atoms with Gasteiger partial charge in [0.2, 0.25) is 5.91 Å². The molecule has 1 unspecified atom stereocenters. The molecule has 13 heavy (non-hydrogen) atoms. The molecule has 0 fully saturated rings. The van der Waals surface area contributed by atoms with Crippen LogP contribution < -0.4 is 5.32 Å². The van der Waals surface area contributed by atoms with E-state index < -0.39 is 0 Å². The molecule has 2 nitrogen and oxygen atoms in total. The molecule has 1 heterocycles. The van der Waals surface area contributed by atoms with E-state index in [9.17, 15) is 4.79 Å². The van der Waals surface area contributed by atoms with Gasteiger partial charge < -0.3 is 5.32 Å². The lowest BCUT2D eigenvalue weighted by Crippen LogP contribution is -2.24. The van der Waals surface area contributed by atoms with Gasteiger partial charge in [0.05, 0.1) is 10.4 Å². The van der Waals surface area contributed by atoms with Crippen molar-refractivity contribution in [3.8, 4) is 0 Å². The number of hydrogen-bond donors (Lipinski definition) is 1. The van der Waals surface area contributed by atoms with Crippen LogP contribution in [0.25, 0.3) is 0 Å². The van der Waals surface area contributed by atoms with Crippen LogP contribution in [-0.4, -0.2) is 5.91 Å². The molecule has 1 rings (SSSR count). The van der Waals surface area contributed by atoms with Crippen LogP contribution in [0.1, 0.15) is 31.2 Å². The van der Waals surface area contributed by atoms with Gasteiger partial charge in [0.25, 0.3) is 0 Å². The van der Waals surface area contributed by atoms with E-state index >= 15 is 0 Å². The van der Waals surface area contributed by atoms with E-state index in [2.05, 4.69) is 5.32 Å². The van der Waals surface area contributed by atoms with Gasteiger partial charge in [-0.3, -0.25) is 4.79 Å². The van der Waals surface area contributed by atoms with Gasteiger partial charge in [-0.25, -0.2) is 0 Å². The maximum atomic E-state index is 11.1. The third-order valence-corrected chi connectivity index (χ3v) is 3.13. The van der Waals surface area contributed by atoms with E-state index in [-0.39, 0.29) is 11.9 Å². The van der Waals surface area contributed by atoms with E-state index in [0.717, 1.165) is 9.21 Å². The predicted octanol–water partition coefficient (Wildman–Crippen LogP) is 2.99. The highest BCUT2D eigenvalue weighted by Gasteiger charge is 2.09. The first kappa shape index (κ1) is 10.5. The van der Waals surface area contributed by atoms with Crippen LogP contribution in [-0.2, 0) is 4.79 Å². The Morgan fingerprint density at radius 3 is 2.85 bits per heavy atom. The predicted molar refractivity (Wildman–Crippen MR) is 56.2 cm³/mol. The summed E-state index contributed by atoms with van der Waals surface area (Å²) in [5.74, 6) is 0.0667. The van der Waals surface area contributed by atoms with Gasteiger partial charge in [-0.1, -0.05) is 18.5 Å². The Kier molecular flexibility index (Phi) is 3.75. The van der Waals surface area contributed by atoms with E-state index in [4.69, 9.17) is 11.6 Å². The van der Waals surface area contributed by atoms with Crippen molar-refractivity contribution in [2.45, 2.75) is 26.3 Å². The highest BCUT2D eigenvalue weighted by Crippen LogP contribution is 2.26. The molecule has 0 aliphatic rings. The molecule has 0 aliphatic heterocycles. The zero-order valence-electron chi connectivity index (χ0n) is 7.63. The second kappa shape index (κ2) is 4.63. The molecule has 0 bridgehead atoms. The minimum absolute atomic E-state index is 0.0601. The molecular weight excluding hydrogens is 206 g/mol. The Hall–Kier alpha value is -0.540. The van der Waals surface area contributed by atoms with Gasteiger partial charge >= 0.3 is 0 Å². The summed E-state index contributed by atoms with van der Waals surface area (Å²) in [6.45, 7) is 3.79. The number of halogens is 1. The standard InChI is InChI=1S/C9H12ClNOS/c1-3-9(12)11-6(2)7-4-5-8(10)13-7/h4-6H,3H2,1-2H3,(H,11,12). The molecule has 1 amide bonds. The van der Waals surface area contributed by atoms with Crippen molar-refractivity contribution >= 4 is 28.8 Å². The largest absolute Gasteiger partial charge is 0.349 e. The van der Waals surface area contributed by atoms with E-state index in [1.54, 1.807) is 0 Å². The summed E-state index contributed by atoms with van der Waals surface area (Å²) in [5, 5.41) is 2.87. The SMILES string of the molecule is CCC(=O)NC(C)c1ccc(Cl)s1. The molecule has 0 saturated carbocycles. The molecule has 0 saturated heterocycles. The highest BCUT2D eigenvalue weighted by atomic mass is 35.5. The van der Waals surface area contributed by atoms with Crippen molar-refractivity contribution in [2.75, 3.05) is 0 Å². The molecule has 1 aromatic rings. The lowest BCUT2D eigenvalue weighted by atomic mass is 10.2. The van der Waals surface area contributed by atoms with E-state index in [1.165, 1.54) is 11.3 Å². The lowest BCUT2D eigenvalue weighted by molar-refractivity contribution is -0.121. The molecule has 1 N–H and O–H groups in total. The molecule has 0 aliphatic carbocycles. The average molecular weight is 218 g/mol. The number of rotatable bonds is 3. The van der Waals surface area contributed by atoms with Gasteiger partial charge in [-0.05, 0) is 19.1 Å². The molecule has 0 aromatic carbocycles. The fourth-order valence-corrected chi connectivity index (χ4v) is 2.04. The lowest BCUT2D eigenvalue weighted by Gasteiger charge is -2.10. The summed E-state index contributed by atoms with van der Waals surface area (Å²) in [6.07, 6.45) is 0.517. The first-order chi connectivity index (χ1) is 6.13. The van der Waals surface area contributed by atoms with E-state index in [0.29, 0.717) is 6.42 Å². The van der Waals surface area contributed by atoms with Crippen LogP contribution in [0.4, 0.5) is 0 Å². The number of carbonyl (C=O) groups excluding carboxylic acids is 1. The second-order valence-electron chi connectivity index (χ2n) is 2.78. The highest BCUT2D eigenvalue weighted by molar-refractivity contribution is 7.16. The normalized spacial score (nSPS) is 12.5. The molecule has 1 aromatic heterocycles. The third-order valence-electron chi connectivity index (χ3n) is 1.72. The van der Waals surface area contributed by atoms with Gasteiger partial charge in [0.1, 0.15) is 0 Å². The quantitative estimate of drug-likeness (QED) is 0.829. The van der Waals surface area contributed by atoms with Gasteiger partial charge in [-0.2, -0.15) is 0 Å². The van der Waals surface area contributed by atoms with Crippen molar-refractivity contribution in [1.29, 1.82) is 0 Å². The summed E-state index contributed by atoms with van der Waals surface area (Å²) >= 11 is 7.28. The first-order valence-electron chi connectivity index (χ1n) is 4.18. The Balaban J connectivity index is 2.58. The van der Waals surface area contributed by atoms with Crippen molar-refractivity contribution in [3.63, 3.8) is 0 Å². The van der Waals surface area contributed by atoms with Crippen LogP contribution in [0.15, 0.2) is 12.1 Å². The third kappa shape index (κ3) is 3.01. The molecule has 0 spiro atoms. The number of carbonyl (C=O) groups is 1. The van der Waals surface area contributed by atoms with Crippen molar-refractivity contribution in [1.82, 2.24) is 5.32 Å². The van der Waals surface area contributed by atoms with E-state index in [1.807, 2.05) is 26.0 Å². The van der Waals surface area contributed by atoms with Crippen molar-refractivity contribution in [2.24, 2.45) is 0 Å². The van der Waals surface area contributed by atoms with Crippen LogP contribution in [0, 0.1) is 0 Å². The number of hydrogen-bond acceptors (Lipinski definition) is 2. The summed E-state index contributed by atoms with van der Waals surface area (Å²) in [7, 11) is 0. The molecule has 1 atom stereocenters. The smallest absolute Gasteiger partial charge is 0.220 e. The molecule has 72 valence electrons. The minimum atomic E-state index is 0.0601. The summed E-state index contributed by atoms with van der Waals surface area (Å²) in [5.41, 5.74) is 0. The Morgan fingerprint density at radius 2 is 2.38 bits per heavy atom. The zero-order valence-corrected chi connectivity index (χ0v) is 9.21. The number of amides is 1. The maximum absolute atomic E-state index is 11.1. The minimum Gasteiger partial charge on any atom is -0.349 e. The Morgan fingerprint density at radius 1 is 1.69 bits per heavy atom. The Bertz CT molecular complexity index is 298. The van der Waals surface area contributed by atoms with Gasteiger partial charge in [0.15, 0.2) is 0 Å². The monoisotopic (exact) mass is 217 g/mol. The van der Waals surface area contributed by atoms with Crippen LogP contribution >= 0.6 is 22.9 Å². The first-order valence-corrected chi connectivity index (χ1v) is 5.37. The van der Waals surface area contributed by atoms with Crippen LogP contribution in [0.3, 0.4) is 0 Å². The molecule has 4 heteroatoms. The number of thiophene rings is 1. The summed E-state index contributed by atoms with van der Waals surface area (Å²) in [6, 6.07) is 3.84. The van der Waals surface area contributed by atoms with Gasteiger partial charge in [-0.15, -0.1) is 11.3 Å². The molecule has 0 radical (unpaired) electrons. The average Bonchev–Trinajstić information content (AvgIpc) is 2.51.